The first-order valence-corrected chi connectivity index (χ1v) is 2.94. The van der Waals surface area contributed by atoms with Crippen molar-refractivity contribution >= 4 is 0 Å². The van der Waals surface area contributed by atoms with Gasteiger partial charge in [0.2, 0.25) is 0 Å². The first-order chi connectivity index (χ1) is 4.34. The molecule has 0 aromatic carbocycles. The van der Waals surface area contributed by atoms with Crippen molar-refractivity contribution in [2.24, 2.45) is 0 Å². The molecular formula is C6H10O3. The normalized spacial score (nSPS) is 34.0. The maximum Gasteiger partial charge on any atom is 0.147 e. The molecule has 0 spiro atoms. The second-order valence-electron chi connectivity index (χ2n) is 2.03. The fourth-order valence-corrected chi connectivity index (χ4v) is 0.759. The van der Waals surface area contributed by atoms with Crippen LogP contribution in [0.15, 0.2) is 12.3 Å². The summed E-state index contributed by atoms with van der Waals surface area (Å²) in [5.41, 5.74) is 0. The van der Waals surface area contributed by atoms with Crippen LogP contribution in [0.2, 0.25) is 0 Å². The Kier molecular flexibility index (Phi) is 2.08. The highest BCUT2D eigenvalue weighted by Gasteiger charge is 2.19. The summed E-state index contributed by atoms with van der Waals surface area (Å²) >= 11 is 0. The molecule has 1 aliphatic heterocycles. The summed E-state index contributed by atoms with van der Waals surface area (Å²) in [5.74, 6) is 0. The lowest BCUT2D eigenvalue weighted by molar-refractivity contribution is -0.0312. The van der Waals surface area contributed by atoms with Crippen molar-refractivity contribution < 1.29 is 14.9 Å². The SMILES string of the molecule is OCC1OC=CCC1O. The van der Waals surface area contributed by atoms with E-state index in [1.807, 2.05) is 0 Å². The highest BCUT2D eigenvalue weighted by Crippen LogP contribution is 2.09. The lowest BCUT2D eigenvalue weighted by atomic mass is 10.1. The van der Waals surface area contributed by atoms with Crippen LogP contribution < -0.4 is 0 Å². The van der Waals surface area contributed by atoms with E-state index in [0.29, 0.717) is 6.42 Å². The second kappa shape index (κ2) is 2.85. The van der Waals surface area contributed by atoms with Gasteiger partial charge in [0.25, 0.3) is 0 Å². The molecule has 0 amide bonds. The molecule has 1 rings (SSSR count). The van der Waals surface area contributed by atoms with E-state index in [2.05, 4.69) is 0 Å². The van der Waals surface area contributed by atoms with Crippen LogP contribution in [0.4, 0.5) is 0 Å². The van der Waals surface area contributed by atoms with Crippen LogP contribution in [0.5, 0.6) is 0 Å². The molecule has 52 valence electrons. The Labute approximate surface area is 53.6 Å². The van der Waals surface area contributed by atoms with E-state index in [-0.39, 0.29) is 6.61 Å². The standard InChI is InChI=1S/C6H10O3/c7-4-6-5(8)2-1-3-9-6/h1,3,5-8H,2,4H2. The number of ether oxygens (including phenoxy) is 1. The predicted molar refractivity (Wildman–Crippen MR) is 31.7 cm³/mol. The zero-order valence-electron chi connectivity index (χ0n) is 5.03. The lowest BCUT2D eigenvalue weighted by Crippen LogP contribution is -2.32. The van der Waals surface area contributed by atoms with Crippen LogP contribution in [0, 0.1) is 0 Å². The van der Waals surface area contributed by atoms with E-state index in [1.165, 1.54) is 6.26 Å². The number of aliphatic hydroxyl groups is 2. The zero-order chi connectivity index (χ0) is 6.69. The molecule has 0 aromatic rings. The van der Waals surface area contributed by atoms with Gasteiger partial charge in [-0.3, -0.25) is 0 Å². The summed E-state index contributed by atoms with van der Waals surface area (Å²) in [6, 6.07) is 0. The third-order valence-corrected chi connectivity index (χ3v) is 1.34. The van der Waals surface area contributed by atoms with Crippen molar-refractivity contribution in [2.45, 2.75) is 18.6 Å². The average molecular weight is 130 g/mol. The maximum absolute atomic E-state index is 9.03. The number of rotatable bonds is 1. The summed E-state index contributed by atoms with van der Waals surface area (Å²) in [7, 11) is 0. The molecule has 0 saturated heterocycles. The second-order valence-corrected chi connectivity index (χ2v) is 2.03. The molecule has 0 aromatic heterocycles. The van der Waals surface area contributed by atoms with Crippen LogP contribution in [-0.2, 0) is 4.74 Å². The molecule has 9 heavy (non-hydrogen) atoms. The van der Waals surface area contributed by atoms with Crippen LogP contribution in [-0.4, -0.2) is 29.0 Å². The Hall–Kier alpha value is -0.540. The predicted octanol–water partition coefficient (Wildman–Crippen LogP) is -0.358. The molecule has 0 aliphatic carbocycles. The van der Waals surface area contributed by atoms with Crippen LogP contribution in [0.25, 0.3) is 0 Å². The first-order valence-electron chi connectivity index (χ1n) is 2.94. The fourth-order valence-electron chi connectivity index (χ4n) is 0.759. The van der Waals surface area contributed by atoms with Crippen molar-refractivity contribution in [3.63, 3.8) is 0 Å². The molecule has 3 heteroatoms. The third kappa shape index (κ3) is 1.43. The lowest BCUT2D eigenvalue weighted by Gasteiger charge is -2.22. The number of aliphatic hydroxyl groups excluding tert-OH is 2. The van der Waals surface area contributed by atoms with Gasteiger partial charge in [0.05, 0.1) is 19.0 Å². The van der Waals surface area contributed by atoms with Gasteiger partial charge in [-0.15, -0.1) is 0 Å². The Balaban J connectivity index is 2.43. The van der Waals surface area contributed by atoms with E-state index in [9.17, 15) is 0 Å². The molecule has 1 heterocycles. The number of hydrogen-bond acceptors (Lipinski definition) is 3. The summed E-state index contributed by atoms with van der Waals surface area (Å²) < 4.78 is 4.86. The summed E-state index contributed by atoms with van der Waals surface area (Å²) in [6.45, 7) is -0.120. The summed E-state index contributed by atoms with van der Waals surface area (Å²) in [6.07, 6.45) is 2.85. The minimum atomic E-state index is -0.542. The molecule has 1 aliphatic rings. The minimum Gasteiger partial charge on any atom is -0.493 e. The van der Waals surface area contributed by atoms with Gasteiger partial charge >= 0.3 is 0 Å². The monoisotopic (exact) mass is 130 g/mol. The Morgan fingerprint density at radius 1 is 1.67 bits per heavy atom. The highest BCUT2D eigenvalue weighted by atomic mass is 16.5. The van der Waals surface area contributed by atoms with Crippen molar-refractivity contribution in [3.05, 3.63) is 12.3 Å². The van der Waals surface area contributed by atoms with Gasteiger partial charge in [-0.25, -0.2) is 0 Å². The van der Waals surface area contributed by atoms with Gasteiger partial charge < -0.3 is 14.9 Å². The van der Waals surface area contributed by atoms with Gasteiger partial charge in [0.1, 0.15) is 6.10 Å². The molecule has 0 bridgehead atoms. The molecule has 2 N–H and O–H groups in total. The number of hydrogen-bond donors (Lipinski definition) is 2. The van der Waals surface area contributed by atoms with Crippen LogP contribution >= 0.6 is 0 Å². The topological polar surface area (TPSA) is 49.7 Å². The van der Waals surface area contributed by atoms with Gasteiger partial charge in [0, 0.05) is 0 Å². The van der Waals surface area contributed by atoms with Crippen molar-refractivity contribution in [1.82, 2.24) is 0 Å². The molecule has 2 atom stereocenters. The maximum atomic E-state index is 9.03. The van der Waals surface area contributed by atoms with E-state index in [4.69, 9.17) is 14.9 Å². The van der Waals surface area contributed by atoms with Crippen molar-refractivity contribution in [2.75, 3.05) is 6.61 Å². The Morgan fingerprint density at radius 3 is 2.89 bits per heavy atom. The van der Waals surface area contributed by atoms with Crippen molar-refractivity contribution in [1.29, 1.82) is 0 Å². The van der Waals surface area contributed by atoms with Crippen LogP contribution in [0.1, 0.15) is 6.42 Å². The highest BCUT2D eigenvalue weighted by molar-refractivity contribution is 4.87. The molecule has 0 radical (unpaired) electrons. The van der Waals surface area contributed by atoms with Gasteiger partial charge in [-0.1, -0.05) is 0 Å². The van der Waals surface area contributed by atoms with Gasteiger partial charge in [-0.2, -0.15) is 0 Å². The molecule has 0 saturated carbocycles. The van der Waals surface area contributed by atoms with E-state index >= 15 is 0 Å². The largest absolute Gasteiger partial charge is 0.493 e. The van der Waals surface area contributed by atoms with Gasteiger partial charge in [0.15, 0.2) is 0 Å². The summed E-state index contributed by atoms with van der Waals surface area (Å²) in [4.78, 5) is 0. The first kappa shape index (κ1) is 6.58. The zero-order valence-corrected chi connectivity index (χ0v) is 5.03. The molecule has 0 fully saturated rings. The average Bonchev–Trinajstić information content (AvgIpc) is 1.89. The fraction of sp³-hybridized carbons (Fsp3) is 0.667. The van der Waals surface area contributed by atoms with Gasteiger partial charge in [-0.05, 0) is 12.5 Å². The van der Waals surface area contributed by atoms with Crippen molar-refractivity contribution in [3.8, 4) is 0 Å². The Bertz CT molecular complexity index is 111. The molecular weight excluding hydrogens is 120 g/mol. The summed E-state index contributed by atoms with van der Waals surface area (Å²) in [5, 5.41) is 17.6. The minimum absolute atomic E-state index is 0.120. The third-order valence-electron chi connectivity index (χ3n) is 1.34. The Morgan fingerprint density at radius 2 is 2.44 bits per heavy atom. The van der Waals surface area contributed by atoms with E-state index in [0.717, 1.165) is 0 Å². The van der Waals surface area contributed by atoms with E-state index < -0.39 is 12.2 Å². The molecule has 2 unspecified atom stereocenters. The smallest absolute Gasteiger partial charge is 0.147 e. The van der Waals surface area contributed by atoms with Crippen LogP contribution in [0.3, 0.4) is 0 Å². The quantitative estimate of drug-likeness (QED) is 0.509. The molecule has 3 nitrogen and oxygen atoms in total. The van der Waals surface area contributed by atoms with E-state index in [1.54, 1.807) is 6.08 Å².